The van der Waals surface area contributed by atoms with Gasteiger partial charge in [0.2, 0.25) is 0 Å². The molecule has 0 aromatic rings. The Morgan fingerprint density at radius 1 is 1.38 bits per heavy atom. The average Bonchev–Trinajstić information content (AvgIpc) is 2.15. The van der Waals surface area contributed by atoms with Crippen LogP contribution in [0, 0.1) is 11.8 Å². The van der Waals surface area contributed by atoms with Crippen LogP contribution in [-0.4, -0.2) is 11.1 Å². The van der Waals surface area contributed by atoms with E-state index in [0.29, 0.717) is 5.92 Å². The Kier molecular flexibility index (Phi) is 4.00. The van der Waals surface area contributed by atoms with Crippen molar-refractivity contribution in [2.45, 2.75) is 39.0 Å². The Balaban J connectivity index is 2.28. The number of rotatable bonds is 3. The van der Waals surface area contributed by atoms with Gasteiger partial charge in [-0.05, 0) is 37.5 Å². The summed E-state index contributed by atoms with van der Waals surface area (Å²) in [5.41, 5.74) is 0. The Labute approximate surface area is 79.6 Å². The summed E-state index contributed by atoms with van der Waals surface area (Å²) < 4.78 is 0. The molecule has 0 atom stereocenters. The third-order valence-electron chi connectivity index (χ3n) is 2.98. The van der Waals surface area contributed by atoms with Crippen LogP contribution in [0.4, 0.5) is 0 Å². The van der Waals surface area contributed by atoms with Gasteiger partial charge in [0.05, 0.1) is 0 Å². The van der Waals surface area contributed by atoms with Gasteiger partial charge in [0.1, 0.15) is 0 Å². The van der Waals surface area contributed by atoms with E-state index >= 15 is 0 Å². The minimum atomic E-state index is -0.822. The van der Waals surface area contributed by atoms with Crippen LogP contribution in [0.5, 0.6) is 0 Å². The van der Waals surface area contributed by atoms with E-state index in [1.54, 1.807) is 0 Å². The molecular formula is C11H18O2. The van der Waals surface area contributed by atoms with E-state index in [1.807, 2.05) is 6.08 Å². The molecule has 13 heavy (non-hydrogen) atoms. The molecule has 74 valence electrons. The lowest BCUT2D eigenvalue weighted by molar-refractivity contribution is -0.131. The first-order valence-corrected chi connectivity index (χ1v) is 5.13. The van der Waals surface area contributed by atoms with Crippen molar-refractivity contribution in [3.05, 3.63) is 12.2 Å². The highest BCUT2D eigenvalue weighted by atomic mass is 16.4. The SMILES string of the molecule is CCC1CCC(/C=C/C(=O)O)CC1. The summed E-state index contributed by atoms with van der Waals surface area (Å²) in [6.07, 6.45) is 9.29. The van der Waals surface area contributed by atoms with Crippen molar-refractivity contribution >= 4 is 5.97 Å². The third-order valence-corrected chi connectivity index (χ3v) is 2.98. The zero-order valence-corrected chi connectivity index (χ0v) is 8.20. The molecular weight excluding hydrogens is 164 g/mol. The van der Waals surface area contributed by atoms with E-state index in [9.17, 15) is 4.79 Å². The van der Waals surface area contributed by atoms with Crippen LogP contribution in [-0.2, 0) is 4.79 Å². The standard InChI is InChI=1S/C11H18O2/c1-2-9-3-5-10(6-4-9)7-8-11(12)13/h7-10H,2-6H2,1H3,(H,12,13)/b8-7+. The Morgan fingerprint density at radius 3 is 2.46 bits per heavy atom. The van der Waals surface area contributed by atoms with Gasteiger partial charge in [-0.25, -0.2) is 4.79 Å². The van der Waals surface area contributed by atoms with Crippen LogP contribution in [0.2, 0.25) is 0 Å². The zero-order valence-electron chi connectivity index (χ0n) is 8.20. The quantitative estimate of drug-likeness (QED) is 0.681. The van der Waals surface area contributed by atoms with Crippen LogP contribution in [0.3, 0.4) is 0 Å². The van der Waals surface area contributed by atoms with E-state index in [1.165, 1.54) is 38.2 Å². The largest absolute Gasteiger partial charge is 0.478 e. The van der Waals surface area contributed by atoms with E-state index in [4.69, 9.17) is 5.11 Å². The number of hydrogen-bond donors (Lipinski definition) is 1. The zero-order chi connectivity index (χ0) is 9.68. The highest BCUT2D eigenvalue weighted by Crippen LogP contribution is 2.31. The van der Waals surface area contributed by atoms with Crippen LogP contribution < -0.4 is 0 Å². The smallest absolute Gasteiger partial charge is 0.327 e. The lowest BCUT2D eigenvalue weighted by Gasteiger charge is -2.25. The predicted octanol–water partition coefficient (Wildman–Crippen LogP) is 2.84. The second-order valence-corrected chi connectivity index (χ2v) is 3.89. The topological polar surface area (TPSA) is 37.3 Å². The molecule has 1 rings (SSSR count). The molecule has 0 saturated heterocycles. The van der Waals surface area contributed by atoms with Gasteiger partial charge in [-0.1, -0.05) is 19.4 Å². The van der Waals surface area contributed by atoms with E-state index in [-0.39, 0.29) is 0 Å². The maximum atomic E-state index is 10.3. The molecule has 0 heterocycles. The summed E-state index contributed by atoms with van der Waals surface area (Å²) in [5.74, 6) is 0.575. The van der Waals surface area contributed by atoms with Gasteiger partial charge in [0.15, 0.2) is 0 Å². The molecule has 1 N–H and O–H groups in total. The number of allylic oxidation sites excluding steroid dienone is 1. The molecule has 1 aliphatic carbocycles. The number of carboxylic acid groups (broad SMARTS) is 1. The lowest BCUT2D eigenvalue weighted by atomic mass is 9.81. The molecule has 1 saturated carbocycles. The van der Waals surface area contributed by atoms with Gasteiger partial charge in [-0.2, -0.15) is 0 Å². The Hall–Kier alpha value is -0.790. The van der Waals surface area contributed by atoms with Crippen molar-refractivity contribution in [3.63, 3.8) is 0 Å². The molecule has 2 nitrogen and oxygen atoms in total. The van der Waals surface area contributed by atoms with Gasteiger partial charge in [0, 0.05) is 6.08 Å². The van der Waals surface area contributed by atoms with Crippen molar-refractivity contribution < 1.29 is 9.90 Å². The number of hydrogen-bond acceptors (Lipinski definition) is 1. The molecule has 2 heteroatoms. The summed E-state index contributed by atoms with van der Waals surface area (Å²) in [5, 5.41) is 8.46. The summed E-state index contributed by atoms with van der Waals surface area (Å²) >= 11 is 0. The van der Waals surface area contributed by atoms with E-state index in [0.717, 1.165) is 5.92 Å². The molecule has 0 aromatic heterocycles. The van der Waals surface area contributed by atoms with Crippen LogP contribution in [0.15, 0.2) is 12.2 Å². The number of carbonyl (C=O) groups is 1. The van der Waals surface area contributed by atoms with Gasteiger partial charge in [-0.3, -0.25) is 0 Å². The fraction of sp³-hybridized carbons (Fsp3) is 0.727. The highest BCUT2D eigenvalue weighted by Gasteiger charge is 2.17. The number of aliphatic carboxylic acids is 1. The molecule has 0 unspecified atom stereocenters. The molecule has 0 aliphatic heterocycles. The lowest BCUT2D eigenvalue weighted by Crippen LogP contribution is -2.12. The van der Waals surface area contributed by atoms with Gasteiger partial charge in [-0.15, -0.1) is 0 Å². The van der Waals surface area contributed by atoms with Gasteiger partial charge < -0.3 is 5.11 Å². The molecule has 0 spiro atoms. The van der Waals surface area contributed by atoms with E-state index in [2.05, 4.69) is 6.92 Å². The third kappa shape index (κ3) is 3.62. The van der Waals surface area contributed by atoms with Crippen molar-refractivity contribution in [2.24, 2.45) is 11.8 Å². The molecule has 0 bridgehead atoms. The summed E-state index contributed by atoms with van der Waals surface area (Å²) in [7, 11) is 0. The maximum Gasteiger partial charge on any atom is 0.327 e. The number of carboxylic acids is 1. The van der Waals surface area contributed by atoms with Crippen molar-refractivity contribution in [1.29, 1.82) is 0 Å². The van der Waals surface area contributed by atoms with Gasteiger partial charge >= 0.3 is 5.97 Å². The average molecular weight is 182 g/mol. The Bertz CT molecular complexity index is 188. The molecule has 1 fully saturated rings. The minimum absolute atomic E-state index is 0.513. The summed E-state index contributed by atoms with van der Waals surface area (Å²) in [4.78, 5) is 10.3. The fourth-order valence-electron chi connectivity index (χ4n) is 2.01. The maximum absolute atomic E-state index is 10.3. The minimum Gasteiger partial charge on any atom is -0.478 e. The van der Waals surface area contributed by atoms with Crippen LogP contribution in [0.25, 0.3) is 0 Å². The Morgan fingerprint density at radius 2 is 2.00 bits per heavy atom. The van der Waals surface area contributed by atoms with E-state index < -0.39 is 5.97 Å². The highest BCUT2D eigenvalue weighted by molar-refractivity contribution is 5.79. The molecule has 0 aromatic carbocycles. The van der Waals surface area contributed by atoms with Crippen LogP contribution >= 0.6 is 0 Å². The monoisotopic (exact) mass is 182 g/mol. The molecule has 0 radical (unpaired) electrons. The van der Waals surface area contributed by atoms with Crippen molar-refractivity contribution in [2.75, 3.05) is 0 Å². The van der Waals surface area contributed by atoms with Crippen molar-refractivity contribution in [3.8, 4) is 0 Å². The van der Waals surface area contributed by atoms with Gasteiger partial charge in [0.25, 0.3) is 0 Å². The first-order valence-electron chi connectivity index (χ1n) is 5.13. The van der Waals surface area contributed by atoms with Crippen molar-refractivity contribution in [1.82, 2.24) is 0 Å². The molecule has 1 aliphatic rings. The summed E-state index contributed by atoms with van der Waals surface area (Å²) in [6.45, 7) is 2.23. The van der Waals surface area contributed by atoms with Crippen LogP contribution in [0.1, 0.15) is 39.0 Å². The molecule has 0 amide bonds. The second kappa shape index (κ2) is 5.05. The first-order chi connectivity index (χ1) is 6.22. The fourth-order valence-corrected chi connectivity index (χ4v) is 2.01. The second-order valence-electron chi connectivity index (χ2n) is 3.89. The normalized spacial score (nSPS) is 29.3. The first kappa shape index (κ1) is 10.3. The summed E-state index contributed by atoms with van der Waals surface area (Å²) in [6, 6.07) is 0. The predicted molar refractivity (Wildman–Crippen MR) is 52.5 cm³/mol.